The smallest absolute Gasteiger partial charge is 0.241 e. The first-order valence-corrected chi connectivity index (χ1v) is 7.62. The third-order valence-corrected chi connectivity index (χ3v) is 3.75. The molecule has 1 aliphatic rings. The van der Waals surface area contributed by atoms with E-state index in [2.05, 4.69) is 42.0 Å². The second-order valence-corrected chi connectivity index (χ2v) is 6.25. The Labute approximate surface area is 127 Å². The summed E-state index contributed by atoms with van der Waals surface area (Å²) >= 11 is 0. The third-order valence-electron chi connectivity index (χ3n) is 3.75. The number of hydrogen-bond acceptors (Lipinski definition) is 4. The van der Waals surface area contributed by atoms with Gasteiger partial charge in [0.2, 0.25) is 5.91 Å². The van der Waals surface area contributed by atoms with Gasteiger partial charge in [-0.05, 0) is 36.6 Å². The summed E-state index contributed by atoms with van der Waals surface area (Å²) < 4.78 is 0. The van der Waals surface area contributed by atoms with E-state index in [0.29, 0.717) is 12.5 Å². The fourth-order valence-corrected chi connectivity index (χ4v) is 2.50. The molecule has 0 aromatic carbocycles. The van der Waals surface area contributed by atoms with Gasteiger partial charge in [-0.15, -0.1) is 0 Å². The molecule has 1 saturated heterocycles. The Balaban J connectivity index is 2.00. The minimum Gasteiger partial charge on any atom is -0.345 e. The van der Waals surface area contributed by atoms with Gasteiger partial charge in [0.1, 0.15) is 5.82 Å². The van der Waals surface area contributed by atoms with Crippen LogP contribution >= 0.6 is 0 Å². The monoisotopic (exact) mass is 290 g/mol. The molecule has 0 spiro atoms. The van der Waals surface area contributed by atoms with E-state index in [-0.39, 0.29) is 5.91 Å². The van der Waals surface area contributed by atoms with Crippen LogP contribution < -0.4 is 10.2 Å². The third kappa shape index (κ3) is 4.17. The highest BCUT2D eigenvalue weighted by molar-refractivity contribution is 5.82. The van der Waals surface area contributed by atoms with Crippen molar-refractivity contribution < 1.29 is 4.79 Å². The minimum atomic E-state index is 0.158. The lowest BCUT2D eigenvalue weighted by Crippen LogP contribution is -2.49. The average molecular weight is 290 g/mol. The van der Waals surface area contributed by atoms with Crippen molar-refractivity contribution in [2.75, 3.05) is 38.1 Å². The van der Waals surface area contributed by atoms with Gasteiger partial charge in [0.25, 0.3) is 0 Å². The standard InChI is InChI=1S/C16H26N4O/c1-12(2)8-17-9-14-7-13(3)16(18-10-14)20-6-5-19(4)15(21)11-20/h7,10,12,17H,5-6,8-9,11H2,1-4H3. The first-order valence-electron chi connectivity index (χ1n) is 7.62. The Morgan fingerprint density at radius 3 is 2.76 bits per heavy atom. The second kappa shape index (κ2) is 6.89. The lowest BCUT2D eigenvalue weighted by Gasteiger charge is -2.33. The van der Waals surface area contributed by atoms with Crippen LogP contribution in [0.1, 0.15) is 25.0 Å². The topological polar surface area (TPSA) is 48.5 Å². The van der Waals surface area contributed by atoms with E-state index in [1.165, 1.54) is 5.56 Å². The molecule has 1 aromatic heterocycles. The molecule has 0 saturated carbocycles. The summed E-state index contributed by atoms with van der Waals surface area (Å²) in [5, 5.41) is 3.43. The first kappa shape index (κ1) is 15.8. The predicted molar refractivity (Wildman–Crippen MR) is 85.4 cm³/mol. The van der Waals surface area contributed by atoms with Gasteiger partial charge in [0.15, 0.2) is 0 Å². The Morgan fingerprint density at radius 1 is 1.38 bits per heavy atom. The number of amides is 1. The lowest BCUT2D eigenvalue weighted by molar-refractivity contribution is -0.129. The minimum absolute atomic E-state index is 0.158. The molecule has 0 atom stereocenters. The summed E-state index contributed by atoms with van der Waals surface area (Å²) in [6, 6.07) is 2.17. The van der Waals surface area contributed by atoms with Crippen LogP contribution in [0.25, 0.3) is 0 Å². The molecule has 0 radical (unpaired) electrons. The molecule has 1 aromatic rings. The number of rotatable bonds is 5. The summed E-state index contributed by atoms with van der Waals surface area (Å²) in [6.45, 7) is 10.3. The van der Waals surface area contributed by atoms with Crippen LogP contribution in [0.2, 0.25) is 0 Å². The van der Waals surface area contributed by atoms with E-state index in [0.717, 1.165) is 37.6 Å². The molecule has 1 N–H and O–H groups in total. The van der Waals surface area contributed by atoms with Crippen LogP contribution in [-0.2, 0) is 11.3 Å². The molecule has 21 heavy (non-hydrogen) atoms. The summed E-state index contributed by atoms with van der Waals surface area (Å²) in [6.07, 6.45) is 1.92. The number of carbonyl (C=O) groups excluding carboxylic acids is 1. The van der Waals surface area contributed by atoms with E-state index >= 15 is 0 Å². The van der Waals surface area contributed by atoms with E-state index in [9.17, 15) is 4.79 Å². The quantitative estimate of drug-likeness (QED) is 0.891. The molecule has 0 bridgehead atoms. The molecule has 0 aliphatic carbocycles. The van der Waals surface area contributed by atoms with E-state index in [1.807, 2.05) is 13.2 Å². The van der Waals surface area contributed by atoms with Crippen molar-refractivity contribution in [3.05, 3.63) is 23.4 Å². The number of anilines is 1. The van der Waals surface area contributed by atoms with Gasteiger partial charge in [-0.2, -0.15) is 0 Å². The summed E-state index contributed by atoms with van der Waals surface area (Å²) in [5.41, 5.74) is 2.33. The number of aryl methyl sites for hydroxylation is 1. The zero-order valence-electron chi connectivity index (χ0n) is 13.5. The molecule has 116 valence electrons. The van der Waals surface area contributed by atoms with Gasteiger partial charge in [-0.1, -0.05) is 13.8 Å². The maximum atomic E-state index is 11.8. The molecule has 1 fully saturated rings. The van der Waals surface area contributed by atoms with Gasteiger partial charge < -0.3 is 15.1 Å². The zero-order chi connectivity index (χ0) is 15.4. The Kier molecular flexibility index (Phi) is 5.17. The Bertz CT molecular complexity index is 501. The maximum Gasteiger partial charge on any atom is 0.241 e. The highest BCUT2D eigenvalue weighted by Crippen LogP contribution is 2.19. The van der Waals surface area contributed by atoms with Crippen molar-refractivity contribution in [2.24, 2.45) is 5.92 Å². The van der Waals surface area contributed by atoms with Gasteiger partial charge in [-0.25, -0.2) is 4.98 Å². The lowest BCUT2D eigenvalue weighted by atomic mass is 10.1. The van der Waals surface area contributed by atoms with Crippen molar-refractivity contribution in [3.8, 4) is 0 Å². The van der Waals surface area contributed by atoms with Crippen LogP contribution in [0.15, 0.2) is 12.3 Å². The normalized spacial score (nSPS) is 16.0. The number of hydrogen-bond donors (Lipinski definition) is 1. The Hall–Kier alpha value is -1.62. The van der Waals surface area contributed by atoms with E-state index < -0.39 is 0 Å². The Morgan fingerprint density at radius 2 is 2.14 bits per heavy atom. The van der Waals surface area contributed by atoms with Gasteiger partial charge in [0.05, 0.1) is 6.54 Å². The molecule has 2 heterocycles. The number of piperazine rings is 1. The zero-order valence-corrected chi connectivity index (χ0v) is 13.5. The highest BCUT2D eigenvalue weighted by Gasteiger charge is 2.22. The van der Waals surface area contributed by atoms with Gasteiger partial charge in [0, 0.05) is 32.9 Å². The fraction of sp³-hybridized carbons (Fsp3) is 0.625. The van der Waals surface area contributed by atoms with Crippen molar-refractivity contribution >= 4 is 11.7 Å². The molecule has 2 rings (SSSR count). The average Bonchev–Trinajstić information content (AvgIpc) is 2.42. The summed E-state index contributed by atoms with van der Waals surface area (Å²) in [7, 11) is 1.85. The molecular weight excluding hydrogens is 264 g/mol. The van der Waals surface area contributed by atoms with Crippen molar-refractivity contribution in [1.29, 1.82) is 0 Å². The van der Waals surface area contributed by atoms with Crippen molar-refractivity contribution in [2.45, 2.75) is 27.3 Å². The molecule has 0 unspecified atom stereocenters. The number of carbonyl (C=O) groups is 1. The molecule has 5 nitrogen and oxygen atoms in total. The van der Waals surface area contributed by atoms with E-state index in [1.54, 1.807) is 4.90 Å². The first-order chi connectivity index (χ1) is 9.97. The molecule has 5 heteroatoms. The number of pyridine rings is 1. The largest absolute Gasteiger partial charge is 0.345 e. The molecular formula is C16H26N4O. The van der Waals surface area contributed by atoms with Crippen molar-refractivity contribution in [1.82, 2.24) is 15.2 Å². The summed E-state index contributed by atoms with van der Waals surface area (Å²) in [5.74, 6) is 1.74. The van der Waals surface area contributed by atoms with Crippen molar-refractivity contribution in [3.63, 3.8) is 0 Å². The van der Waals surface area contributed by atoms with Gasteiger partial charge >= 0.3 is 0 Å². The van der Waals surface area contributed by atoms with Crippen LogP contribution in [0, 0.1) is 12.8 Å². The second-order valence-electron chi connectivity index (χ2n) is 6.25. The van der Waals surface area contributed by atoms with E-state index in [4.69, 9.17) is 0 Å². The summed E-state index contributed by atoms with van der Waals surface area (Å²) in [4.78, 5) is 20.2. The SMILES string of the molecule is Cc1cc(CNCC(C)C)cnc1N1CCN(C)C(=O)C1. The molecule has 1 aliphatic heterocycles. The van der Waals surface area contributed by atoms with Crippen LogP contribution in [0.5, 0.6) is 0 Å². The van der Waals surface area contributed by atoms with Crippen LogP contribution in [-0.4, -0.2) is 49.0 Å². The number of nitrogens with one attached hydrogen (secondary N) is 1. The van der Waals surface area contributed by atoms with Gasteiger partial charge in [-0.3, -0.25) is 4.79 Å². The number of likely N-dealkylation sites (N-methyl/N-ethyl adjacent to an activating group) is 1. The fourth-order valence-electron chi connectivity index (χ4n) is 2.50. The predicted octanol–water partition coefficient (Wildman–Crippen LogP) is 1.41. The highest BCUT2D eigenvalue weighted by atomic mass is 16.2. The van der Waals surface area contributed by atoms with Crippen LogP contribution in [0.3, 0.4) is 0 Å². The maximum absolute atomic E-state index is 11.8. The number of nitrogens with zero attached hydrogens (tertiary/aromatic N) is 3. The molecule has 1 amide bonds. The van der Waals surface area contributed by atoms with Crippen LogP contribution in [0.4, 0.5) is 5.82 Å². The number of aromatic nitrogens is 1.